The minimum atomic E-state index is -0.534. The summed E-state index contributed by atoms with van der Waals surface area (Å²) in [6.45, 7) is 1.62. The number of methoxy groups -OCH3 is 1. The maximum absolute atomic E-state index is 12.1. The van der Waals surface area contributed by atoms with Gasteiger partial charge in [-0.25, -0.2) is 4.98 Å². The standard InChI is InChI=1S/C20H20N2O6S/c1-3-12-4-5-15-13(9-27-16(15)6-12)7-19(25)28-10-17(23)22-20-21-14(11-29-20)8-18(24)26-2/h4-6,9,11H,3,7-8,10H2,1-2H3,(H,21,22,23). The number of ether oxygens (including phenoxy) is 2. The second-order valence-corrected chi connectivity index (χ2v) is 7.09. The van der Waals surface area contributed by atoms with Crippen LogP contribution >= 0.6 is 11.3 Å². The number of aryl methyl sites for hydroxylation is 1. The predicted octanol–water partition coefficient (Wildman–Crippen LogP) is 2.89. The van der Waals surface area contributed by atoms with Crippen LogP contribution in [0.2, 0.25) is 0 Å². The molecule has 2 aromatic heterocycles. The van der Waals surface area contributed by atoms with Crippen LogP contribution in [0.1, 0.15) is 23.7 Å². The molecule has 1 aromatic carbocycles. The molecule has 3 rings (SSSR count). The van der Waals surface area contributed by atoms with Gasteiger partial charge in [-0.3, -0.25) is 19.7 Å². The molecule has 0 aliphatic carbocycles. The van der Waals surface area contributed by atoms with E-state index in [1.807, 2.05) is 18.2 Å². The molecule has 0 fully saturated rings. The van der Waals surface area contributed by atoms with E-state index in [4.69, 9.17) is 9.15 Å². The first kappa shape index (κ1) is 20.5. The molecule has 0 bridgehead atoms. The molecular formula is C20H20N2O6S. The zero-order valence-corrected chi connectivity index (χ0v) is 16.8. The molecule has 0 spiro atoms. The second-order valence-electron chi connectivity index (χ2n) is 6.23. The van der Waals surface area contributed by atoms with Crippen LogP contribution in [0.15, 0.2) is 34.3 Å². The van der Waals surface area contributed by atoms with E-state index >= 15 is 0 Å². The van der Waals surface area contributed by atoms with Gasteiger partial charge in [0.15, 0.2) is 11.7 Å². The summed E-state index contributed by atoms with van der Waals surface area (Å²) in [7, 11) is 1.29. The Morgan fingerprint density at radius 2 is 2.03 bits per heavy atom. The minimum Gasteiger partial charge on any atom is -0.469 e. The first-order valence-corrected chi connectivity index (χ1v) is 9.82. The highest BCUT2D eigenvalue weighted by atomic mass is 32.1. The summed E-state index contributed by atoms with van der Waals surface area (Å²) in [6, 6.07) is 5.85. The fourth-order valence-electron chi connectivity index (χ4n) is 2.66. The van der Waals surface area contributed by atoms with Crippen molar-refractivity contribution in [2.75, 3.05) is 19.0 Å². The van der Waals surface area contributed by atoms with Crippen LogP contribution in [0, 0.1) is 0 Å². The van der Waals surface area contributed by atoms with Crippen molar-refractivity contribution in [3.8, 4) is 0 Å². The molecule has 0 atom stereocenters. The van der Waals surface area contributed by atoms with Gasteiger partial charge in [0, 0.05) is 16.3 Å². The molecular weight excluding hydrogens is 396 g/mol. The van der Waals surface area contributed by atoms with Gasteiger partial charge in [0.05, 0.1) is 31.9 Å². The number of benzene rings is 1. The highest BCUT2D eigenvalue weighted by Gasteiger charge is 2.15. The van der Waals surface area contributed by atoms with Crippen molar-refractivity contribution in [2.45, 2.75) is 26.2 Å². The van der Waals surface area contributed by atoms with E-state index in [2.05, 4.69) is 22.0 Å². The molecule has 2 heterocycles. The molecule has 0 unspecified atom stereocenters. The number of carbonyl (C=O) groups excluding carboxylic acids is 3. The van der Waals surface area contributed by atoms with Crippen LogP contribution in [0.4, 0.5) is 5.13 Å². The van der Waals surface area contributed by atoms with Gasteiger partial charge in [-0.1, -0.05) is 19.1 Å². The number of carbonyl (C=O) groups is 3. The first-order chi connectivity index (χ1) is 14.0. The normalized spacial score (nSPS) is 10.7. The number of rotatable bonds is 8. The quantitative estimate of drug-likeness (QED) is 0.563. The number of nitrogens with one attached hydrogen (secondary N) is 1. The smallest absolute Gasteiger partial charge is 0.311 e. The second kappa shape index (κ2) is 9.33. The number of nitrogens with zero attached hydrogens (tertiary/aromatic N) is 1. The van der Waals surface area contributed by atoms with E-state index in [-0.39, 0.29) is 12.8 Å². The highest BCUT2D eigenvalue weighted by molar-refractivity contribution is 7.13. The summed E-state index contributed by atoms with van der Waals surface area (Å²) in [4.78, 5) is 39.4. The monoisotopic (exact) mass is 416 g/mol. The molecule has 8 nitrogen and oxygen atoms in total. The van der Waals surface area contributed by atoms with Crippen LogP contribution < -0.4 is 5.32 Å². The van der Waals surface area contributed by atoms with Crippen LogP contribution in [-0.4, -0.2) is 36.5 Å². The Morgan fingerprint density at radius 1 is 1.21 bits per heavy atom. The van der Waals surface area contributed by atoms with Gasteiger partial charge in [0.1, 0.15) is 5.58 Å². The topological polar surface area (TPSA) is 108 Å². The molecule has 3 aromatic rings. The van der Waals surface area contributed by atoms with Crippen molar-refractivity contribution >= 4 is 45.3 Å². The number of hydrogen-bond acceptors (Lipinski definition) is 8. The Bertz CT molecular complexity index is 1040. The summed E-state index contributed by atoms with van der Waals surface area (Å²) >= 11 is 1.17. The zero-order chi connectivity index (χ0) is 20.8. The van der Waals surface area contributed by atoms with Gasteiger partial charge in [0.25, 0.3) is 5.91 Å². The third-order valence-corrected chi connectivity index (χ3v) is 4.99. The van der Waals surface area contributed by atoms with Crippen molar-refractivity contribution in [3.63, 3.8) is 0 Å². The van der Waals surface area contributed by atoms with Crippen molar-refractivity contribution in [2.24, 2.45) is 0 Å². The van der Waals surface area contributed by atoms with Crippen LogP contribution in [0.25, 0.3) is 11.0 Å². The lowest BCUT2D eigenvalue weighted by Crippen LogP contribution is -2.21. The largest absolute Gasteiger partial charge is 0.469 e. The molecule has 0 saturated carbocycles. The fourth-order valence-corrected chi connectivity index (χ4v) is 3.38. The number of amides is 1. The Kier molecular flexibility index (Phi) is 6.61. The van der Waals surface area contributed by atoms with Crippen LogP contribution in [0.5, 0.6) is 0 Å². The number of thiazole rings is 1. The van der Waals surface area contributed by atoms with Crippen molar-refractivity contribution in [1.82, 2.24) is 4.98 Å². The zero-order valence-electron chi connectivity index (χ0n) is 16.0. The van der Waals surface area contributed by atoms with Gasteiger partial charge >= 0.3 is 11.9 Å². The first-order valence-electron chi connectivity index (χ1n) is 8.94. The lowest BCUT2D eigenvalue weighted by Gasteiger charge is -2.04. The molecule has 29 heavy (non-hydrogen) atoms. The maximum Gasteiger partial charge on any atom is 0.311 e. The predicted molar refractivity (Wildman–Crippen MR) is 107 cm³/mol. The molecule has 0 saturated heterocycles. The van der Waals surface area contributed by atoms with E-state index in [1.54, 1.807) is 5.38 Å². The molecule has 152 valence electrons. The number of furan rings is 1. The van der Waals surface area contributed by atoms with E-state index in [0.29, 0.717) is 16.4 Å². The third-order valence-electron chi connectivity index (χ3n) is 4.18. The highest BCUT2D eigenvalue weighted by Crippen LogP contribution is 2.23. The molecule has 0 radical (unpaired) electrons. The molecule has 1 N–H and O–H groups in total. The van der Waals surface area contributed by atoms with Crippen LogP contribution in [0.3, 0.4) is 0 Å². The number of esters is 2. The number of aromatic nitrogens is 1. The SMILES string of the molecule is CCc1ccc2c(CC(=O)OCC(=O)Nc3nc(CC(=O)OC)cs3)coc2c1. The van der Waals surface area contributed by atoms with Gasteiger partial charge in [-0.15, -0.1) is 11.3 Å². The Morgan fingerprint density at radius 3 is 2.79 bits per heavy atom. The lowest BCUT2D eigenvalue weighted by molar-refractivity contribution is -0.146. The van der Waals surface area contributed by atoms with Crippen molar-refractivity contribution in [3.05, 3.63) is 46.7 Å². The third kappa shape index (κ3) is 5.41. The lowest BCUT2D eigenvalue weighted by atomic mass is 10.1. The molecule has 0 aliphatic rings. The van der Waals surface area contributed by atoms with Gasteiger partial charge in [-0.2, -0.15) is 0 Å². The van der Waals surface area contributed by atoms with E-state index < -0.39 is 24.5 Å². The summed E-state index contributed by atoms with van der Waals surface area (Å²) in [5.41, 5.74) is 3.07. The Hall–Kier alpha value is -3.20. The number of fused-ring (bicyclic) bond motifs is 1. The fraction of sp³-hybridized carbons (Fsp3) is 0.300. The summed E-state index contributed by atoms with van der Waals surface area (Å²) < 4.78 is 15.1. The van der Waals surface area contributed by atoms with Gasteiger partial charge < -0.3 is 13.9 Å². The average Bonchev–Trinajstić information content (AvgIpc) is 3.32. The summed E-state index contributed by atoms with van der Waals surface area (Å²) in [6.07, 6.45) is 2.46. The van der Waals surface area contributed by atoms with Crippen LogP contribution in [-0.2, 0) is 43.1 Å². The van der Waals surface area contributed by atoms with Gasteiger partial charge in [-0.05, 0) is 18.1 Å². The molecule has 1 amide bonds. The minimum absolute atomic E-state index is 0.00623. The maximum atomic E-state index is 12.1. The number of anilines is 1. The Balaban J connectivity index is 1.49. The van der Waals surface area contributed by atoms with Crippen molar-refractivity contribution < 1.29 is 28.3 Å². The van der Waals surface area contributed by atoms with Crippen molar-refractivity contribution in [1.29, 1.82) is 0 Å². The Labute approximate surface area is 170 Å². The van der Waals surface area contributed by atoms with E-state index in [1.165, 1.54) is 24.7 Å². The number of hydrogen-bond donors (Lipinski definition) is 1. The summed E-state index contributed by atoms with van der Waals surface area (Å²) in [5.74, 6) is -1.46. The molecule has 9 heteroatoms. The summed E-state index contributed by atoms with van der Waals surface area (Å²) in [5, 5.41) is 5.34. The van der Waals surface area contributed by atoms with Gasteiger partial charge in [0.2, 0.25) is 0 Å². The van der Waals surface area contributed by atoms with E-state index in [9.17, 15) is 14.4 Å². The van der Waals surface area contributed by atoms with E-state index in [0.717, 1.165) is 23.0 Å². The molecule has 0 aliphatic heterocycles. The average molecular weight is 416 g/mol.